The molecular weight excluding hydrogens is 363 g/mol. The summed E-state index contributed by atoms with van der Waals surface area (Å²) < 4.78 is 7.58. The van der Waals surface area contributed by atoms with E-state index in [1.165, 1.54) is 6.42 Å². The molecule has 0 aromatic heterocycles. The van der Waals surface area contributed by atoms with E-state index in [9.17, 15) is 4.79 Å². The first-order valence-electron chi connectivity index (χ1n) is 9.72. The molecule has 0 spiro atoms. The lowest BCUT2D eigenvalue weighted by atomic mass is 9.89. The molecule has 0 saturated heterocycles. The Morgan fingerprint density at radius 2 is 1.52 bits per heavy atom. The Hall–Kier alpha value is -0.190. The van der Waals surface area contributed by atoms with Crippen LogP contribution in [0, 0.1) is 5.92 Å². The van der Waals surface area contributed by atoms with Crippen molar-refractivity contribution in [2.45, 2.75) is 105 Å². The average molecular weight is 405 g/mol. The van der Waals surface area contributed by atoms with Crippen molar-refractivity contribution in [1.29, 1.82) is 0 Å². The first-order chi connectivity index (χ1) is 11.8. The molecule has 25 heavy (non-hydrogen) atoms. The van der Waals surface area contributed by atoms with Gasteiger partial charge in [0, 0.05) is 0 Å². The molecule has 0 heterocycles. The Labute approximate surface area is 166 Å². The van der Waals surface area contributed by atoms with E-state index in [1.807, 2.05) is 41.5 Å². The van der Waals surface area contributed by atoms with Gasteiger partial charge in [-0.3, -0.25) is 0 Å². The van der Waals surface area contributed by atoms with Gasteiger partial charge in [0.2, 0.25) is 4.52 Å². The number of rotatable bonds is 3. The molecule has 1 N–H and O–H groups in total. The van der Waals surface area contributed by atoms with Crippen LogP contribution in [0.4, 0.5) is 4.79 Å². The van der Waals surface area contributed by atoms with E-state index in [-0.39, 0.29) is 6.10 Å². The first kappa shape index (κ1) is 32.5. The molecule has 156 valence electrons. The number of halogens is 2. The van der Waals surface area contributed by atoms with Gasteiger partial charge in [0.05, 0.1) is 0 Å². The summed E-state index contributed by atoms with van der Waals surface area (Å²) in [6.45, 7) is 17.9. The van der Waals surface area contributed by atoms with Crippen LogP contribution < -0.4 is 0 Å². The van der Waals surface area contributed by atoms with Crippen molar-refractivity contribution in [2.75, 3.05) is 6.61 Å². The van der Waals surface area contributed by atoms with Crippen LogP contribution in [-0.2, 0) is 9.47 Å². The molecule has 0 bridgehead atoms. The molecule has 1 aliphatic carbocycles. The number of carbonyl (C=O) groups is 1. The van der Waals surface area contributed by atoms with Crippen LogP contribution in [-0.4, -0.2) is 28.5 Å². The van der Waals surface area contributed by atoms with Crippen LogP contribution in [0.5, 0.6) is 0 Å². The van der Waals surface area contributed by atoms with Crippen LogP contribution in [0.3, 0.4) is 0 Å². The average Bonchev–Trinajstić information content (AvgIpc) is 2.59. The fourth-order valence-corrected chi connectivity index (χ4v) is 1.91. The lowest BCUT2D eigenvalue weighted by Crippen LogP contribution is -2.28. The highest BCUT2D eigenvalue weighted by atomic mass is 35.5. The molecule has 1 fully saturated rings. The third kappa shape index (κ3) is 28.9. The maximum Gasteiger partial charge on any atom is 0.508 e. The van der Waals surface area contributed by atoms with E-state index in [0.717, 1.165) is 25.7 Å². The highest BCUT2D eigenvalue weighted by molar-refractivity contribution is 6.47. The lowest BCUT2D eigenvalue weighted by Gasteiger charge is -2.26. The molecule has 2 unspecified atom stereocenters. The standard InChI is InChI=1S/C10H16Cl2O4.C3H8.3C2H6/c1-7-3-2-4-8(5-7)16-9(13)15-6-10(11,12)14;1-3-2;3*1-2/h7-8,14H,2-6H2,1H3;3H2,1-2H3;3*1-2H3. The second-order valence-electron chi connectivity index (χ2n) is 4.92. The number of hydrogen-bond donors (Lipinski definition) is 1. The van der Waals surface area contributed by atoms with Crippen molar-refractivity contribution in [3.63, 3.8) is 0 Å². The molecule has 0 aromatic rings. The smallest absolute Gasteiger partial charge is 0.431 e. The van der Waals surface area contributed by atoms with E-state index >= 15 is 0 Å². The third-order valence-corrected chi connectivity index (χ3v) is 2.73. The van der Waals surface area contributed by atoms with E-state index in [1.54, 1.807) is 0 Å². The maximum absolute atomic E-state index is 11.2. The summed E-state index contributed by atoms with van der Waals surface area (Å²) in [5.74, 6) is 0.560. The van der Waals surface area contributed by atoms with Crippen LogP contribution in [0.15, 0.2) is 0 Å². The summed E-state index contributed by atoms with van der Waals surface area (Å²) in [5.41, 5.74) is 0. The van der Waals surface area contributed by atoms with Crippen LogP contribution in [0.2, 0.25) is 0 Å². The second kappa shape index (κ2) is 23.8. The maximum atomic E-state index is 11.2. The minimum absolute atomic E-state index is 0.102. The fourth-order valence-electron chi connectivity index (χ4n) is 1.80. The zero-order valence-electron chi connectivity index (χ0n) is 17.8. The monoisotopic (exact) mass is 404 g/mol. The minimum atomic E-state index is -2.06. The lowest BCUT2D eigenvalue weighted by molar-refractivity contribution is -0.0101. The van der Waals surface area contributed by atoms with Gasteiger partial charge in [-0.05, 0) is 25.2 Å². The van der Waals surface area contributed by atoms with Gasteiger partial charge in [-0.2, -0.15) is 0 Å². The van der Waals surface area contributed by atoms with Crippen LogP contribution in [0.1, 0.15) is 94.4 Å². The predicted molar refractivity (Wildman–Crippen MR) is 111 cm³/mol. The molecule has 0 aliphatic heterocycles. The van der Waals surface area contributed by atoms with Crippen molar-refractivity contribution in [2.24, 2.45) is 5.92 Å². The van der Waals surface area contributed by atoms with Gasteiger partial charge < -0.3 is 14.6 Å². The molecule has 4 nitrogen and oxygen atoms in total. The highest BCUT2D eigenvalue weighted by Gasteiger charge is 2.26. The summed E-state index contributed by atoms with van der Waals surface area (Å²) in [4.78, 5) is 11.2. The second-order valence-corrected chi connectivity index (χ2v) is 6.37. The minimum Gasteiger partial charge on any atom is -0.431 e. The number of aliphatic hydroxyl groups is 1. The van der Waals surface area contributed by atoms with Gasteiger partial charge in [-0.1, -0.05) is 98.4 Å². The van der Waals surface area contributed by atoms with Gasteiger partial charge in [0.25, 0.3) is 0 Å². The molecule has 1 rings (SSSR count). The summed E-state index contributed by atoms with van der Waals surface area (Å²) in [6, 6.07) is 0. The van der Waals surface area contributed by atoms with Gasteiger partial charge in [0.1, 0.15) is 6.10 Å². The van der Waals surface area contributed by atoms with E-state index in [2.05, 4.69) is 25.5 Å². The summed E-state index contributed by atoms with van der Waals surface area (Å²) in [5, 5.41) is 8.91. The number of ether oxygens (including phenoxy) is 2. The normalized spacial score (nSPS) is 18.2. The van der Waals surface area contributed by atoms with Gasteiger partial charge >= 0.3 is 6.16 Å². The van der Waals surface area contributed by atoms with Crippen molar-refractivity contribution >= 4 is 29.4 Å². The van der Waals surface area contributed by atoms with Crippen LogP contribution >= 0.6 is 23.2 Å². The molecule has 0 aromatic carbocycles. The van der Waals surface area contributed by atoms with E-state index in [0.29, 0.717) is 5.92 Å². The summed E-state index contributed by atoms with van der Waals surface area (Å²) in [7, 11) is 0. The van der Waals surface area contributed by atoms with E-state index < -0.39 is 17.3 Å². The Bertz CT molecular complexity index is 256. The first-order valence-corrected chi connectivity index (χ1v) is 10.5. The summed E-state index contributed by atoms with van der Waals surface area (Å²) >= 11 is 10.5. The Morgan fingerprint density at radius 1 is 1.08 bits per heavy atom. The number of hydrogen-bond acceptors (Lipinski definition) is 4. The fraction of sp³-hybridized carbons (Fsp3) is 0.947. The van der Waals surface area contributed by atoms with Gasteiger partial charge in [-0.15, -0.1) is 0 Å². The molecule has 2 atom stereocenters. The molecule has 1 aliphatic rings. The molecule has 0 radical (unpaired) electrons. The number of alkyl halides is 2. The van der Waals surface area contributed by atoms with E-state index in [4.69, 9.17) is 33.0 Å². The Kier molecular flexibility index (Phi) is 30.9. The SMILES string of the molecule is CC.CC.CC.CC1CCCC(OC(=O)OCC(O)(Cl)Cl)C1.CCC. The third-order valence-electron chi connectivity index (χ3n) is 2.51. The van der Waals surface area contributed by atoms with Gasteiger partial charge in [-0.25, -0.2) is 4.79 Å². The zero-order valence-corrected chi connectivity index (χ0v) is 19.3. The predicted octanol–water partition coefficient (Wildman–Crippen LogP) is 7.34. The summed E-state index contributed by atoms with van der Waals surface area (Å²) in [6.07, 6.45) is 4.23. The Morgan fingerprint density at radius 3 is 1.88 bits per heavy atom. The van der Waals surface area contributed by atoms with Gasteiger partial charge in [0.15, 0.2) is 6.61 Å². The molecule has 1 saturated carbocycles. The van der Waals surface area contributed by atoms with Crippen molar-refractivity contribution in [3.8, 4) is 0 Å². The zero-order chi connectivity index (χ0) is 20.9. The molecule has 0 amide bonds. The quantitative estimate of drug-likeness (QED) is 0.394. The van der Waals surface area contributed by atoms with Crippen LogP contribution in [0.25, 0.3) is 0 Å². The highest BCUT2D eigenvalue weighted by Crippen LogP contribution is 2.26. The van der Waals surface area contributed by atoms with Crippen molar-refractivity contribution in [3.05, 3.63) is 0 Å². The topological polar surface area (TPSA) is 55.8 Å². The molecule has 6 heteroatoms. The van der Waals surface area contributed by atoms with Crippen molar-refractivity contribution < 1.29 is 19.4 Å². The largest absolute Gasteiger partial charge is 0.508 e. The Balaban J connectivity index is -0.000000210. The van der Waals surface area contributed by atoms with Crippen molar-refractivity contribution in [1.82, 2.24) is 0 Å². The molecular formula is C19H42Cl2O4. The number of carbonyl (C=O) groups excluding carboxylic acids is 1.